The molecule has 1 amide bonds. The standard InChI is InChI=1S/C11H13BrN2O/c12-9-3-1-2-8(6-9)7-14-5-4-10(14)11(13)15/h1-3,6,10H,4-5,7H2,(H2,13,15). The Bertz CT molecular complexity index is 381. The van der Waals surface area contributed by atoms with Crippen molar-refractivity contribution in [2.45, 2.75) is 19.0 Å². The van der Waals surface area contributed by atoms with E-state index in [1.165, 1.54) is 5.56 Å². The number of benzene rings is 1. The van der Waals surface area contributed by atoms with Crippen LogP contribution in [0.15, 0.2) is 28.7 Å². The van der Waals surface area contributed by atoms with E-state index in [9.17, 15) is 4.79 Å². The number of likely N-dealkylation sites (tertiary alicyclic amines) is 1. The summed E-state index contributed by atoms with van der Waals surface area (Å²) in [6.45, 7) is 1.76. The Morgan fingerprint density at radius 3 is 2.93 bits per heavy atom. The highest BCUT2D eigenvalue weighted by Gasteiger charge is 2.32. The summed E-state index contributed by atoms with van der Waals surface area (Å²) in [5, 5.41) is 0. The summed E-state index contributed by atoms with van der Waals surface area (Å²) in [5.41, 5.74) is 6.49. The molecule has 1 unspecified atom stereocenters. The van der Waals surface area contributed by atoms with Crippen molar-refractivity contribution >= 4 is 21.8 Å². The van der Waals surface area contributed by atoms with Crippen LogP contribution in [0, 0.1) is 0 Å². The Labute approximate surface area is 97.4 Å². The van der Waals surface area contributed by atoms with Crippen molar-refractivity contribution in [1.29, 1.82) is 0 Å². The highest BCUT2D eigenvalue weighted by Crippen LogP contribution is 2.21. The fourth-order valence-corrected chi connectivity index (χ4v) is 2.27. The summed E-state index contributed by atoms with van der Waals surface area (Å²) in [7, 11) is 0. The van der Waals surface area contributed by atoms with Gasteiger partial charge < -0.3 is 5.73 Å². The first kappa shape index (κ1) is 10.6. The molecule has 0 spiro atoms. The second-order valence-corrected chi connectivity index (χ2v) is 4.72. The van der Waals surface area contributed by atoms with Gasteiger partial charge in [0.2, 0.25) is 5.91 Å². The fourth-order valence-electron chi connectivity index (χ4n) is 1.82. The Morgan fingerprint density at radius 2 is 2.40 bits per heavy atom. The highest BCUT2D eigenvalue weighted by molar-refractivity contribution is 9.10. The van der Waals surface area contributed by atoms with Crippen molar-refractivity contribution in [3.8, 4) is 0 Å². The van der Waals surface area contributed by atoms with Gasteiger partial charge in [-0.05, 0) is 24.1 Å². The Kier molecular flexibility index (Phi) is 3.07. The summed E-state index contributed by atoms with van der Waals surface area (Å²) >= 11 is 3.43. The average molecular weight is 269 g/mol. The number of hydrogen-bond donors (Lipinski definition) is 1. The van der Waals surface area contributed by atoms with Crippen molar-refractivity contribution < 1.29 is 4.79 Å². The molecule has 2 rings (SSSR count). The van der Waals surface area contributed by atoms with Crippen LogP contribution in [0.25, 0.3) is 0 Å². The van der Waals surface area contributed by atoms with Crippen LogP contribution in [0.5, 0.6) is 0 Å². The molecule has 1 aliphatic heterocycles. The minimum absolute atomic E-state index is 0.0658. The van der Waals surface area contributed by atoms with Crippen molar-refractivity contribution in [2.75, 3.05) is 6.54 Å². The molecule has 0 radical (unpaired) electrons. The van der Waals surface area contributed by atoms with E-state index in [0.29, 0.717) is 0 Å². The first-order chi connectivity index (χ1) is 7.16. The first-order valence-corrected chi connectivity index (χ1v) is 5.74. The minimum atomic E-state index is -0.212. The number of rotatable bonds is 3. The molecule has 3 nitrogen and oxygen atoms in total. The van der Waals surface area contributed by atoms with Gasteiger partial charge in [0.15, 0.2) is 0 Å². The van der Waals surface area contributed by atoms with Gasteiger partial charge in [-0.25, -0.2) is 0 Å². The molecule has 0 bridgehead atoms. The van der Waals surface area contributed by atoms with E-state index >= 15 is 0 Å². The maximum Gasteiger partial charge on any atom is 0.234 e. The van der Waals surface area contributed by atoms with Crippen LogP contribution in [0.2, 0.25) is 0 Å². The number of carbonyl (C=O) groups excluding carboxylic acids is 1. The smallest absolute Gasteiger partial charge is 0.234 e. The number of nitrogens with two attached hydrogens (primary N) is 1. The van der Waals surface area contributed by atoms with Gasteiger partial charge in [0.1, 0.15) is 0 Å². The molecule has 15 heavy (non-hydrogen) atoms. The molecule has 1 heterocycles. The van der Waals surface area contributed by atoms with E-state index in [2.05, 4.69) is 33.0 Å². The van der Waals surface area contributed by atoms with Gasteiger partial charge in [0, 0.05) is 17.6 Å². The van der Waals surface area contributed by atoms with Crippen LogP contribution < -0.4 is 5.73 Å². The van der Waals surface area contributed by atoms with Gasteiger partial charge in [0.25, 0.3) is 0 Å². The van der Waals surface area contributed by atoms with Gasteiger partial charge in [-0.1, -0.05) is 28.1 Å². The number of halogens is 1. The van der Waals surface area contributed by atoms with E-state index in [0.717, 1.165) is 24.0 Å². The lowest BCUT2D eigenvalue weighted by atomic mass is 10.0. The molecule has 1 aromatic rings. The van der Waals surface area contributed by atoms with Crippen molar-refractivity contribution in [1.82, 2.24) is 4.90 Å². The predicted octanol–water partition coefficient (Wildman–Crippen LogP) is 1.51. The number of carbonyl (C=O) groups is 1. The zero-order chi connectivity index (χ0) is 10.8. The van der Waals surface area contributed by atoms with E-state index in [-0.39, 0.29) is 11.9 Å². The second-order valence-electron chi connectivity index (χ2n) is 3.81. The quantitative estimate of drug-likeness (QED) is 0.904. The molecular weight excluding hydrogens is 256 g/mol. The number of amides is 1. The minimum Gasteiger partial charge on any atom is -0.368 e. The van der Waals surface area contributed by atoms with E-state index in [1.54, 1.807) is 0 Å². The van der Waals surface area contributed by atoms with Crippen molar-refractivity contribution in [3.63, 3.8) is 0 Å². The fraction of sp³-hybridized carbons (Fsp3) is 0.364. The Morgan fingerprint density at radius 1 is 1.60 bits per heavy atom. The summed E-state index contributed by atoms with van der Waals surface area (Å²) in [4.78, 5) is 13.1. The maximum atomic E-state index is 11.0. The summed E-state index contributed by atoms with van der Waals surface area (Å²) in [6, 6.07) is 8.05. The van der Waals surface area contributed by atoms with Crippen LogP contribution in [0.3, 0.4) is 0 Å². The monoisotopic (exact) mass is 268 g/mol. The Balaban J connectivity index is 2.00. The van der Waals surface area contributed by atoms with Crippen molar-refractivity contribution in [2.24, 2.45) is 5.73 Å². The predicted molar refractivity (Wildman–Crippen MR) is 62.2 cm³/mol. The molecule has 1 aromatic carbocycles. The maximum absolute atomic E-state index is 11.0. The molecule has 0 aromatic heterocycles. The van der Waals surface area contributed by atoms with E-state index in [1.807, 2.05) is 12.1 Å². The number of primary amides is 1. The molecule has 1 fully saturated rings. The highest BCUT2D eigenvalue weighted by atomic mass is 79.9. The third-order valence-corrected chi connectivity index (χ3v) is 3.23. The molecule has 80 valence electrons. The van der Waals surface area contributed by atoms with Crippen LogP contribution in [0.1, 0.15) is 12.0 Å². The largest absolute Gasteiger partial charge is 0.368 e. The van der Waals surface area contributed by atoms with E-state index < -0.39 is 0 Å². The lowest BCUT2D eigenvalue weighted by Gasteiger charge is -2.38. The number of nitrogens with zero attached hydrogens (tertiary/aromatic N) is 1. The van der Waals surface area contributed by atoms with Crippen LogP contribution >= 0.6 is 15.9 Å². The third kappa shape index (κ3) is 2.38. The van der Waals surface area contributed by atoms with Crippen LogP contribution in [-0.4, -0.2) is 23.4 Å². The third-order valence-electron chi connectivity index (χ3n) is 2.73. The van der Waals surface area contributed by atoms with Crippen LogP contribution in [-0.2, 0) is 11.3 Å². The van der Waals surface area contributed by atoms with Crippen molar-refractivity contribution in [3.05, 3.63) is 34.3 Å². The normalized spacial score (nSPS) is 21.0. The topological polar surface area (TPSA) is 46.3 Å². The SMILES string of the molecule is NC(=O)C1CCN1Cc1cccc(Br)c1. The number of hydrogen-bond acceptors (Lipinski definition) is 2. The van der Waals surface area contributed by atoms with Gasteiger partial charge in [0.05, 0.1) is 6.04 Å². The summed E-state index contributed by atoms with van der Waals surface area (Å²) in [5.74, 6) is -0.212. The van der Waals surface area contributed by atoms with Gasteiger partial charge >= 0.3 is 0 Å². The second kappa shape index (κ2) is 4.33. The first-order valence-electron chi connectivity index (χ1n) is 4.94. The average Bonchev–Trinajstić information content (AvgIpc) is 2.11. The molecule has 2 N–H and O–H groups in total. The zero-order valence-electron chi connectivity index (χ0n) is 8.32. The zero-order valence-corrected chi connectivity index (χ0v) is 9.90. The molecule has 1 aliphatic rings. The Hall–Kier alpha value is -0.870. The van der Waals surface area contributed by atoms with E-state index in [4.69, 9.17) is 5.73 Å². The summed E-state index contributed by atoms with van der Waals surface area (Å²) < 4.78 is 1.07. The van der Waals surface area contributed by atoms with Gasteiger partial charge in [-0.2, -0.15) is 0 Å². The molecular formula is C11H13BrN2O. The molecule has 1 atom stereocenters. The molecule has 1 saturated heterocycles. The molecule has 0 aliphatic carbocycles. The van der Waals surface area contributed by atoms with Gasteiger partial charge in [-0.3, -0.25) is 9.69 Å². The molecule has 0 saturated carbocycles. The van der Waals surface area contributed by atoms with Crippen LogP contribution in [0.4, 0.5) is 0 Å². The lowest BCUT2D eigenvalue weighted by Crippen LogP contribution is -2.54. The lowest BCUT2D eigenvalue weighted by molar-refractivity contribution is -0.127. The van der Waals surface area contributed by atoms with Gasteiger partial charge in [-0.15, -0.1) is 0 Å². The molecule has 4 heteroatoms. The summed E-state index contributed by atoms with van der Waals surface area (Å²) in [6.07, 6.45) is 0.892.